The van der Waals surface area contributed by atoms with Crippen LogP contribution in [-0.4, -0.2) is 65.8 Å². The van der Waals surface area contributed by atoms with E-state index in [4.69, 9.17) is 9.29 Å². The van der Waals surface area contributed by atoms with E-state index in [1.165, 1.54) is 6.08 Å². The molecule has 7 heteroatoms. The van der Waals surface area contributed by atoms with Crippen LogP contribution in [0.3, 0.4) is 0 Å². The van der Waals surface area contributed by atoms with Crippen molar-refractivity contribution < 1.29 is 22.8 Å². The fraction of sp³-hybridized carbons (Fsp3) is 0.714. The zero-order valence-electron chi connectivity index (χ0n) is 7.38. The molecule has 0 aliphatic heterocycles. The van der Waals surface area contributed by atoms with Crippen molar-refractivity contribution in [1.29, 1.82) is 0 Å². The summed E-state index contributed by atoms with van der Waals surface area (Å²) < 4.78 is 34.7. The van der Waals surface area contributed by atoms with Gasteiger partial charge >= 0.3 is 29.6 Å². The molecule has 2 N–H and O–H groups in total. The molecule has 0 amide bonds. The van der Waals surface area contributed by atoms with E-state index in [2.05, 4.69) is 6.58 Å². The van der Waals surface area contributed by atoms with E-state index in [0.717, 1.165) is 0 Å². The van der Waals surface area contributed by atoms with E-state index < -0.39 is 21.7 Å². The van der Waals surface area contributed by atoms with Gasteiger partial charge in [-0.05, 0) is 6.42 Å². The Morgan fingerprint density at radius 3 is 2.36 bits per heavy atom. The van der Waals surface area contributed by atoms with Gasteiger partial charge in [-0.3, -0.25) is 4.55 Å². The van der Waals surface area contributed by atoms with Crippen LogP contribution in [0.15, 0.2) is 12.7 Å². The van der Waals surface area contributed by atoms with Crippen molar-refractivity contribution in [3.63, 3.8) is 0 Å². The summed E-state index contributed by atoms with van der Waals surface area (Å²) in [5, 5.41) is 9.18. The molecular weight excluding hydrogens is 219 g/mol. The zero-order valence-corrected chi connectivity index (χ0v) is 8.20. The first-order chi connectivity index (χ1) is 5.93. The molecule has 2 unspecified atom stereocenters. The van der Waals surface area contributed by atoms with Gasteiger partial charge in [-0.25, -0.2) is 0 Å². The fourth-order valence-corrected chi connectivity index (χ4v) is 1.59. The predicted octanol–water partition coefficient (Wildman–Crippen LogP) is -0.475. The first-order valence-electron chi connectivity index (χ1n) is 3.80. The molecule has 80 valence electrons. The van der Waals surface area contributed by atoms with Crippen LogP contribution >= 0.6 is 0 Å². The molecule has 0 spiro atoms. The van der Waals surface area contributed by atoms with Gasteiger partial charge in [-0.2, -0.15) is 8.42 Å². The molecule has 14 heavy (non-hydrogen) atoms. The van der Waals surface area contributed by atoms with Crippen LogP contribution in [0, 0.1) is 0 Å². The number of hydrogen-bond donors (Lipinski definition) is 2. The van der Waals surface area contributed by atoms with Gasteiger partial charge in [0.25, 0.3) is 10.1 Å². The van der Waals surface area contributed by atoms with E-state index in [-0.39, 0.29) is 42.6 Å². The van der Waals surface area contributed by atoms with Crippen molar-refractivity contribution in [1.82, 2.24) is 0 Å². The number of hydrogen-bond acceptors (Lipinski definition) is 4. The number of rotatable bonds is 6. The third kappa shape index (κ3) is 6.13. The Bertz CT molecular complexity index is 251. The molecule has 0 radical (unpaired) electrons. The molecule has 0 heterocycles. The summed E-state index contributed by atoms with van der Waals surface area (Å²) in [5.74, 6) is 0. The Hall–Kier alpha value is 0.570. The fourth-order valence-electron chi connectivity index (χ4n) is 0.751. The molecule has 2 atom stereocenters. The first kappa shape index (κ1) is 17.0. The third-order valence-electron chi connectivity index (χ3n) is 1.40. The average Bonchev–Trinajstić information content (AvgIpc) is 2.02. The van der Waals surface area contributed by atoms with E-state index in [1.807, 2.05) is 0 Å². The second-order valence-corrected chi connectivity index (χ2v) is 3.98. The van der Waals surface area contributed by atoms with Crippen molar-refractivity contribution in [2.24, 2.45) is 0 Å². The van der Waals surface area contributed by atoms with Crippen LogP contribution in [-0.2, 0) is 14.9 Å². The minimum absolute atomic E-state index is 0. The topological polar surface area (TPSA) is 83.8 Å². The minimum atomic E-state index is -4.37. The number of aliphatic hydroxyl groups is 1. The van der Waals surface area contributed by atoms with Gasteiger partial charge in [0, 0.05) is 0 Å². The van der Waals surface area contributed by atoms with Crippen LogP contribution in [0.4, 0.5) is 0 Å². The van der Waals surface area contributed by atoms with Gasteiger partial charge in [0.2, 0.25) is 5.44 Å². The molecule has 0 saturated heterocycles. The molecule has 0 rings (SSSR count). The Balaban J connectivity index is 0. The zero-order chi connectivity index (χ0) is 10.5. The van der Waals surface area contributed by atoms with Crippen LogP contribution in [0.5, 0.6) is 0 Å². The molecule has 0 aromatic carbocycles. The van der Waals surface area contributed by atoms with Crippen LogP contribution in [0.1, 0.15) is 13.3 Å². The standard InChI is InChI=1S/C7H14O5S.Na.H/c1-3-5-12-7(6(8)4-2)13(9,10)11;;/h3,6-8H,1,4-5H2,2H3,(H,9,10,11);;. The molecule has 0 aromatic rings. The van der Waals surface area contributed by atoms with E-state index in [1.54, 1.807) is 6.92 Å². The normalized spacial score (nSPS) is 15.4. The maximum atomic E-state index is 10.7. The van der Waals surface area contributed by atoms with E-state index >= 15 is 0 Å². The third-order valence-corrected chi connectivity index (χ3v) is 2.44. The molecule has 0 bridgehead atoms. The summed E-state index contributed by atoms with van der Waals surface area (Å²) in [6.07, 6.45) is 0.289. The Morgan fingerprint density at radius 2 is 2.07 bits per heavy atom. The second-order valence-electron chi connectivity index (χ2n) is 2.48. The van der Waals surface area contributed by atoms with Gasteiger partial charge in [-0.15, -0.1) is 6.58 Å². The summed E-state index contributed by atoms with van der Waals surface area (Å²) in [6.45, 7) is 4.86. The van der Waals surface area contributed by atoms with Crippen molar-refractivity contribution in [2.75, 3.05) is 6.61 Å². The summed E-state index contributed by atoms with van der Waals surface area (Å²) >= 11 is 0. The summed E-state index contributed by atoms with van der Waals surface area (Å²) in [7, 11) is -4.37. The Kier molecular flexibility index (Phi) is 9.47. The summed E-state index contributed by atoms with van der Waals surface area (Å²) in [5.41, 5.74) is -1.59. The van der Waals surface area contributed by atoms with Crippen LogP contribution in [0.2, 0.25) is 0 Å². The van der Waals surface area contributed by atoms with Gasteiger partial charge < -0.3 is 9.84 Å². The molecule has 0 aromatic heterocycles. The first-order valence-corrected chi connectivity index (χ1v) is 5.30. The number of ether oxygens (including phenoxy) is 1. The maximum absolute atomic E-state index is 10.7. The van der Waals surface area contributed by atoms with E-state index in [9.17, 15) is 13.5 Å². The average molecular weight is 234 g/mol. The van der Waals surface area contributed by atoms with Crippen molar-refractivity contribution in [3.8, 4) is 0 Å². The predicted molar refractivity (Wildman–Crippen MR) is 54.9 cm³/mol. The van der Waals surface area contributed by atoms with Crippen LogP contribution < -0.4 is 0 Å². The molecule has 5 nitrogen and oxygen atoms in total. The molecule has 0 saturated carbocycles. The van der Waals surface area contributed by atoms with Crippen molar-refractivity contribution >= 4 is 39.7 Å². The van der Waals surface area contributed by atoms with Gasteiger partial charge in [0.05, 0.1) is 12.7 Å². The van der Waals surface area contributed by atoms with E-state index in [0.29, 0.717) is 0 Å². The molecular formula is C7H15NaO5S. The Labute approximate surface area is 106 Å². The SMILES string of the molecule is C=CCOC(C(O)CC)S(=O)(=O)O.[NaH]. The Morgan fingerprint density at radius 1 is 1.57 bits per heavy atom. The van der Waals surface area contributed by atoms with Crippen molar-refractivity contribution in [3.05, 3.63) is 12.7 Å². The quantitative estimate of drug-likeness (QED) is 0.368. The summed E-state index contributed by atoms with van der Waals surface area (Å²) in [4.78, 5) is 0. The second kappa shape index (κ2) is 7.81. The summed E-state index contributed by atoms with van der Waals surface area (Å²) in [6, 6.07) is 0. The van der Waals surface area contributed by atoms with Gasteiger partial charge in [0.1, 0.15) is 0 Å². The van der Waals surface area contributed by atoms with Gasteiger partial charge in [-0.1, -0.05) is 13.0 Å². The van der Waals surface area contributed by atoms with Gasteiger partial charge in [0.15, 0.2) is 0 Å². The molecule has 0 fully saturated rings. The number of aliphatic hydroxyl groups excluding tert-OH is 1. The molecule has 0 aliphatic carbocycles. The molecule has 0 aliphatic rings. The van der Waals surface area contributed by atoms with Crippen molar-refractivity contribution in [2.45, 2.75) is 24.9 Å². The van der Waals surface area contributed by atoms with Crippen LogP contribution in [0.25, 0.3) is 0 Å². The monoisotopic (exact) mass is 234 g/mol.